The lowest BCUT2D eigenvalue weighted by Crippen LogP contribution is -2.35. The Morgan fingerprint density at radius 2 is 1.50 bits per heavy atom. The SMILES string of the molecule is COc1cc(C2C(C(=O)Nc3ccccn3)=C(C)NC(C)=C2C(=O)Nc2ccccn2)cc(CN2CCCCC2)c1O. The van der Waals surface area contributed by atoms with Crippen LogP contribution in [0.25, 0.3) is 0 Å². The van der Waals surface area contributed by atoms with E-state index in [2.05, 4.69) is 30.8 Å². The third-order valence-corrected chi connectivity index (χ3v) is 7.63. The first-order chi connectivity index (χ1) is 20.4. The first-order valence-electron chi connectivity index (χ1n) is 14.1. The number of ether oxygens (including phenoxy) is 1. The molecule has 0 bridgehead atoms. The number of anilines is 2. The Hall–Kier alpha value is -4.70. The molecular formula is C32H36N6O4. The van der Waals surface area contributed by atoms with E-state index in [1.165, 1.54) is 13.5 Å². The molecule has 42 heavy (non-hydrogen) atoms. The molecule has 2 aliphatic heterocycles. The largest absolute Gasteiger partial charge is 0.504 e. The Kier molecular flexibility index (Phi) is 8.83. The molecule has 218 valence electrons. The van der Waals surface area contributed by atoms with Crippen molar-refractivity contribution in [1.29, 1.82) is 0 Å². The number of nitrogens with one attached hydrogen (secondary N) is 3. The minimum atomic E-state index is -0.784. The predicted octanol–water partition coefficient (Wildman–Crippen LogP) is 4.69. The molecule has 2 aliphatic rings. The summed E-state index contributed by atoms with van der Waals surface area (Å²) in [5, 5.41) is 20.1. The van der Waals surface area contributed by atoms with Crippen molar-refractivity contribution in [1.82, 2.24) is 20.2 Å². The molecule has 10 nitrogen and oxygen atoms in total. The molecule has 0 radical (unpaired) electrons. The Bertz CT molecular complexity index is 1440. The van der Waals surface area contributed by atoms with Crippen LogP contribution in [0.1, 0.15) is 50.2 Å². The number of hydrogen-bond acceptors (Lipinski definition) is 8. The summed E-state index contributed by atoms with van der Waals surface area (Å²) in [6, 6.07) is 14.1. The Morgan fingerprint density at radius 3 is 2.00 bits per heavy atom. The number of phenolic OH excluding ortho intramolecular Hbond substituents is 1. The third kappa shape index (κ3) is 6.28. The number of aromatic nitrogens is 2. The fourth-order valence-electron chi connectivity index (χ4n) is 5.66. The number of hydrogen-bond donors (Lipinski definition) is 4. The van der Waals surface area contributed by atoms with Crippen molar-refractivity contribution in [3.63, 3.8) is 0 Å². The summed E-state index contributed by atoms with van der Waals surface area (Å²) in [4.78, 5) is 38.6. The molecular weight excluding hydrogens is 532 g/mol. The number of nitrogens with zero attached hydrogens (tertiary/aromatic N) is 3. The molecule has 0 aliphatic carbocycles. The quantitative estimate of drug-likeness (QED) is 0.308. The number of amides is 2. The average Bonchev–Trinajstić information content (AvgIpc) is 2.99. The maximum Gasteiger partial charge on any atom is 0.255 e. The molecule has 2 amide bonds. The monoisotopic (exact) mass is 568 g/mol. The van der Waals surface area contributed by atoms with E-state index in [4.69, 9.17) is 4.74 Å². The van der Waals surface area contributed by atoms with Gasteiger partial charge in [-0.2, -0.15) is 0 Å². The number of dihydropyridines is 1. The van der Waals surface area contributed by atoms with Crippen LogP contribution < -0.4 is 20.7 Å². The number of carbonyl (C=O) groups is 2. The van der Waals surface area contributed by atoms with Gasteiger partial charge in [0.25, 0.3) is 11.8 Å². The minimum absolute atomic E-state index is 0.0566. The van der Waals surface area contributed by atoms with Crippen molar-refractivity contribution in [2.24, 2.45) is 0 Å². The first-order valence-corrected chi connectivity index (χ1v) is 14.1. The van der Waals surface area contributed by atoms with Crippen LogP contribution in [-0.4, -0.2) is 52.0 Å². The van der Waals surface area contributed by atoms with Gasteiger partial charge in [-0.1, -0.05) is 18.6 Å². The maximum atomic E-state index is 13.9. The van der Waals surface area contributed by atoms with Gasteiger partial charge in [0.05, 0.1) is 7.11 Å². The number of rotatable bonds is 8. The molecule has 1 saturated heterocycles. The topological polar surface area (TPSA) is 129 Å². The van der Waals surface area contributed by atoms with E-state index < -0.39 is 17.7 Å². The van der Waals surface area contributed by atoms with E-state index in [0.29, 0.717) is 51.8 Å². The number of phenols is 1. The van der Waals surface area contributed by atoms with Crippen LogP contribution >= 0.6 is 0 Å². The van der Waals surface area contributed by atoms with Crippen LogP contribution in [-0.2, 0) is 16.1 Å². The summed E-state index contributed by atoms with van der Waals surface area (Å²) in [6.45, 7) is 6.02. The number of piperidine rings is 1. The number of allylic oxidation sites excluding steroid dienone is 2. The van der Waals surface area contributed by atoms with Crippen molar-refractivity contribution in [2.75, 3.05) is 30.8 Å². The van der Waals surface area contributed by atoms with Gasteiger partial charge < -0.3 is 25.8 Å². The lowest BCUT2D eigenvalue weighted by atomic mass is 9.79. The highest BCUT2D eigenvalue weighted by Crippen LogP contribution is 2.43. The lowest BCUT2D eigenvalue weighted by Gasteiger charge is -2.32. The second kappa shape index (κ2) is 12.9. The molecule has 3 aromatic rings. The van der Waals surface area contributed by atoms with Gasteiger partial charge in [0.2, 0.25) is 0 Å². The van der Waals surface area contributed by atoms with Crippen molar-refractivity contribution < 1.29 is 19.4 Å². The minimum Gasteiger partial charge on any atom is -0.504 e. The van der Waals surface area contributed by atoms with Gasteiger partial charge in [0.1, 0.15) is 11.6 Å². The van der Waals surface area contributed by atoms with Crippen molar-refractivity contribution in [3.8, 4) is 11.5 Å². The number of aromatic hydroxyl groups is 1. The summed E-state index contributed by atoms with van der Waals surface area (Å²) in [7, 11) is 1.50. The zero-order valence-corrected chi connectivity index (χ0v) is 24.1. The van der Waals surface area contributed by atoms with Gasteiger partial charge >= 0.3 is 0 Å². The molecule has 1 fully saturated rings. The molecule has 0 saturated carbocycles. The third-order valence-electron chi connectivity index (χ3n) is 7.63. The summed E-state index contributed by atoms with van der Waals surface area (Å²) in [6.07, 6.45) is 6.59. The summed E-state index contributed by atoms with van der Waals surface area (Å²) in [5.74, 6) is -0.465. The first kappa shape index (κ1) is 28.8. The fraction of sp³-hybridized carbons (Fsp3) is 0.312. The van der Waals surface area contributed by atoms with E-state index in [9.17, 15) is 14.7 Å². The highest BCUT2D eigenvalue weighted by Gasteiger charge is 2.37. The van der Waals surface area contributed by atoms with E-state index in [-0.39, 0.29) is 11.5 Å². The average molecular weight is 569 g/mol. The number of likely N-dealkylation sites (tertiary alicyclic amines) is 1. The number of benzene rings is 1. The molecule has 4 heterocycles. The molecule has 5 rings (SSSR count). The van der Waals surface area contributed by atoms with E-state index in [0.717, 1.165) is 25.9 Å². The van der Waals surface area contributed by atoms with Crippen molar-refractivity contribution >= 4 is 23.5 Å². The highest BCUT2D eigenvalue weighted by atomic mass is 16.5. The molecule has 0 spiro atoms. The van der Waals surface area contributed by atoms with Gasteiger partial charge in [-0.25, -0.2) is 9.97 Å². The van der Waals surface area contributed by atoms with Crippen LogP contribution in [0.4, 0.5) is 11.6 Å². The molecule has 0 unspecified atom stereocenters. The Balaban J connectivity index is 1.61. The highest BCUT2D eigenvalue weighted by molar-refractivity contribution is 6.11. The predicted molar refractivity (Wildman–Crippen MR) is 161 cm³/mol. The normalized spacial score (nSPS) is 16.2. The summed E-state index contributed by atoms with van der Waals surface area (Å²) >= 11 is 0. The maximum absolute atomic E-state index is 13.9. The van der Waals surface area contributed by atoms with Gasteiger partial charge in [-0.3, -0.25) is 14.5 Å². The van der Waals surface area contributed by atoms with Crippen LogP contribution in [0.3, 0.4) is 0 Å². The zero-order chi connectivity index (χ0) is 29.6. The van der Waals surface area contributed by atoms with Gasteiger partial charge in [0, 0.05) is 53.0 Å². The zero-order valence-electron chi connectivity index (χ0n) is 24.1. The molecule has 1 aromatic carbocycles. The van der Waals surface area contributed by atoms with Crippen molar-refractivity contribution in [2.45, 2.75) is 45.6 Å². The number of carbonyl (C=O) groups excluding carboxylic acids is 2. The molecule has 10 heteroatoms. The van der Waals surface area contributed by atoms with Crippen molar-refractivity contribution in [3.05, 3.63) is 94.6 Å². The smallest absolute Gasteiger partial charge is 0.255 e. The van der Waals surface area contributed by atoms with E-state index in [1.54, 1.807) is 54.9 Å². The van der Waals surface area contributed by atoms with Crippen LogP contribution in [0, 0.1) is 0 Å². The van der Waals surface area contributed by atoms with E-state index >= 15 is 0 Å². The second-order valence-electron chi connectivity index (χ2n) is 10.5. The Labute approximate surface area is 245 Å². The van der Waals surface area contributed by atoms with Gasteiger partial charge in [0.15, 0.2) is 11.5 Å². The van der Waals surface area contributed by atoms with Gasteiger partial charge in [-0.15, -0.1) is 0 Å². The molecule has 2 aromatic heterocycles. The van der Waals surface area contributed by atoms with E-state index in [1.807, 2.05) is 19.9 Å². The summed E-state index contributed by atoms with van der Waals surface area (Å²) < 4.78 is 5.61. The standard InChI is InChI=1S/C32H36N6O4/c1-20-27(31(40)36-25-11-5-7-13-33-25)29(28(21(2)35-20)32(41)37-26-12-6-8-14-34-26)22-17-23(30(39)24(18-22)42-3)19-38-15-9-4-10-16-38/h5-8,11-14,17-18,29,35,39H,4,9-10,15-16,19H2,1-3H3,(H,33,36,40)(H,34,37,41). The number of pyridine rings is 2. The number of methoxy groups -OCH3 is 1. The van der Waals surface area contributed by atoms with Crippen LogP contribution in [0.5, 0.6) is 11.5 Å². The van der Waals surface area contributed by atoms with Crippen LogP contribution in [0.15, 0.2) is 83.5 Å². The fourth-order valence-corrected chi connectivity index (χ4v) is 5.66. The second-order valence-corrected chi connectivity index (χ2v) is 10.5. The van der Waals surface area contributed by atoms with Gasteiger partial charge in [-0.05, 0) is 81.7 Å². The lowest BCUT2D eigenvalue weighted by molar-refractivity contribution is -0.113. The Morgan fingerprint density at radius 1 is 0.929 bits per heavy atom. The summed E-state index contributed by atoms with van der Waals surface area (Å²) in [5.41, 5.74) is 3.24. The van der Waals surface area contributed by atoms with Crippen LogP contribution in [0.2, 0.25) is 0 Å². The molecule has 0 atom stereocenters. The molecule has 4 N–H and O–H groups in total.